The molecule has 5 nitrogen and oxygen atoms in total. The van der Waals surface area contributed by atoms with E-state index in [2.05, 4.69) is 15.4 Å². The fourth-order valence-electron chi connectivity index (χ4n) is 1.36. The summed E-state index contributed by atoms with van der Waals surface area (Å²) in [6, 6.07) is 5.26. The first-order chi connectivity index (χ1) is 8.31. The maximum atomic E-state index is 6.04. The van der Waals surface area contributed by atoms with Crippen LogP contribution in [-0.4, -0.2) is 21.5 Å². The summed E-state index contributed by atoms with van der Waals surface area (Å²) >= 11 is 6.04. The van der Waals surface area contributed by atoms with Gasteiger partial charge in [-0.1, -0.05) is 21.9 Å². The Morgan fingerprint density at radius 2 is 2.24 bits per heavy atom. The zero-order chi connectivity index (χ0) is 11.7. The average Bonchev–Trinajstić information content (AvgIpc) is 2.98. The first-order valence-corrected chi connectivity index (χ1v) is 5.69. The Morgan fingerprint density at radius 1 is 1.35 bits per heavy atom. The van der Waals surface area contributed by atoms with Gasteiger partial charge in [0.1, 0.15) is 11.5 Å². The van der Waals surface area contributed by atoms with Crippen molar-refractivity contribution in [3.63, 3.8) is 0 Å². The number of aromatic nitrogens is 3. The van der Waals surface area contributed by atoms with Gasteiger partial charge in [-0.2, -0.15) is 0 Å². The van der Waals surface area contributed by atoms with Crippen molar-refractivity contribution in [1.82, 2.24) is 15.4 Å². The van der Waals surface area contributed by atoms with Crippen LogP contribution < -0.4 is 9.47 Å². The van der Waals surface area contributed by atoms with Crippen LogP contribution in [0.25, 0.3) is 0 Å². The Labute approximate surface area is 103 Å². The van der Waals surface area contributed by atoms with E-state index in [1.165, 1.54) is 0 Å². The second-order valence-electron chi connectivity index (χ2n) is 3.82. The molecule has 0 aliphatic heterocycles. The molecule has 1 fully saturated rings. The van der Waals surface area contributed by atoms with Crippen LogP contribution in [0, 0.1) is 0 Å². The van der Waals surface area contributed by atoms with E-state index in [0.717, 1.165) is 12.8 Å². The summed E-state index contributed by atoms with van der Waals surface area (Å²) in [5.41, 5.74) is 0. The number of hydrogen-bond donors (Lipinski definition) is 1. The van der Waals surface area contributed by atoms with E-state index in [4.69, 9.17) is 21.1 Å². The van der Waals surface area contributed by atoms with Gasteiger partial charge in [0.15, 0.2) is 0 Å². The summed E-state index contributed by atoms with van der Waals surface area (Å²) in [5.74, 6) is 1.68. The molecule has 0 atom stereocenters. The van der Waals surface area contributed by atoms with Crippen molar-refractivity contribution >= 4 is 11.6 Å². The summed E-state index contributed by atoms with van der Waals surface area (Å²) in [4.78, 5) is 0. The normalized spacial score (nSPS) is 14.6. The molecule has 1 saturated carbocycles. The van der Waals surface area contributed by atoms with Gasteiger partial charge < -0.3 is 9.47 Å². The molecular formula is C11H10ClN3O2. The first-order valence-electron chi connectivity index (χ1n) is 5.32. The van der Waals surface area contributed by atoms with Crippen molar-refractivity contribution in [2.75, 3.05) is 0 Å². The van der Waals surface area contributed by atoms with Gasteiger partial charge in [-0.3, -0.25) is 5.10 Å². The number of H-pyrrole nitrogens is 1. The fourth-order valence-corrected chi connectivity index (χ4v) is 1.53. The van der Waals surface area contributed by atoms with E-state index < -0.39 is 0 Å². The van der Waals surface area contributed by atoms with Crippen molar-refractivity contribution in [3.05, 3.63) is 29.4 Å². The number of hydrogen-bond acceptors (Lipinski definition) is 4. The molecule has 0 bridgehead atoms. The monoisotopic (exact) mass is 251 g/mol. The molecule has 1 heterocycles. The summed E-state index contributed by atoms with van der Waals surface area (Å²) in [6.45, 7) is 0. The minimum atomic E-state index is 0.301. The van der Waals surface area contributed by atoms with Gasteiger partial charge in [-0.15, -0.1) is 0 Å². The molecule has 17 heavy (non-hydrogen) atoms. The lowest BCUT2D eigenvalue weighted by Crippen LogP contribution is -1.96. The van der Waals surface area contributed by atoms with Crippen molar-refractivity contribution in [3.8, 4) is 17.4 Å². The number of ether oxygens (including phenoxy) is 2. The van der Waals surface area contributed by atoms with Gasteiger partial charge in [0.2, 0.25) is 0 Å². The highest BCUT2D eigenvalue weighted by Gasteiger charge is 2.24. The molecule has 1 aliphatic carbocycles. The Balaban J connectivity index is 1.79. The molecule has 88 valence electrons. The minimum Gasteiger partial charge on any atom is -0.489 e. The molecule has 1 aromatic carbocycles. The van der Waals surface area contributed by atoms with E-state index >= 15 is 0 Å². The van der Waals surface area contributed by atoms with Crippen LogP contribution in [-0.2, 0) is 0 Å². The molecule has 1 aliphatic rings. The number of nitrogens with zero attached hydrogens (tertiary/aromatic N) is 2. The molecule has 1 aromatic heterocycles. The zero-order valence-corrected chi connectivity index (χ0v) is 9.65. The second-order valence-corrected chi connectivity index (χ2v) is 4.23. The van der Waals surface area contributed by atoms with Crippen LogP contribution in [0.5, 0.6) is 17.4 Å². The van der Waals surface area contributed by atoms with Crippen molar-refractivity contribution in [1.29, 1.82) is 0 Å². The van der Waals surface area contributed by atoms with E-state index in [-0.39, 0.29) is 0 Å². The van der Waals surface area contributed by atoms with E-state index in [1.54, 1.807) is 24.4 Å². The summed E-state index contributed by atoms with van der Waals surface area (Å²) in [5, 5.41) is 10.5. The highest BCUT2D eigenvalue weighted by atomic mass is 35.5. The van der Waals surface area contributed by atoms with Crippen LogP contribution in [0.4, 0.5) is 0 Å². The first kappa shape index (κ1) is 10.4. The van der Waals surface area contributed by atoms with Gasteiger partial charge in [-0.25, -0.2) is 0 Å². The van der Waals surface area contributed by atoms with E-state index in [9.17, 15) is 0 Å². The molecule has 0 saturated heterocycles. The lowest BCUT2D eigenvalue weighted by atomic mass is 10.3. The quantitative estimate of drug-likeness (QED) is 0.908. The molecule has 1 N–H and O–H groups in total. The number of nitrogens with one attached hydrogen (secondary N) is 1. The maximum Gasteiger partial charge on any atom is 0.258 e. The Morgan fingerprint density at radius 3 is 2.94 bits per heavy atom. The number of halogens is 1. The Bertz CT molecular complexity index is 511. The largest absolute Gasteiger partial charge is 0.489 e. The highest BCUT2D eigenvalue weighted by molar-refractivity contribution is 6.32. The van der Waals surface area contributed by atoms with E-state index in [0.29, 0.717) is 28.5 Å². The lowest BCUT2D eigenvalue weighted by Gasteiger charge is -2.08. The van der Waals surface area contributed by atoms with Gasteiger partial charge >= 0.3 is 0 Å². The summed E-state index contributed by atoms with van der Waals surface area (Å²) in [7, 11) is 0. The second kappa shape index (κ2) is 4.25. The van der Waals surface area contributed by atoms with Gasteiger partial charge in [0.05, 0.1) is 17.3 Å². The van der Waals surface area contributed by atoms with Gasteiger partial charge in [0.25, 0.3) is 5.88 Å². The van der Waals surface area contributed by atoms with Crippen LogP contribution in [0.1, 0.15) is 12.8 Å². The van der Waals surface area contributed by atoms with Crippen LogP contribution >= 0.6 is 11.6 Å². The molecule has 0 radical (unpaired) electrons. The third-order valence-corrected chi connectivity index (χ3v) is 2.65. The van der Waals surface area contributed by atoms with Crippen molar-refractivity contribution in [2.24, 2.45) is 0 Å². The minimum absolute atomic E-state index is 0.301. The molecule has 0 unspecified atom stereocenters. The standard InChI is InChI=1S/C11H10ClN3O2/c12-9-4-3-8(17-11-6-13-15-14-11)5-10(9)16-7-1-2-7/h3-7H,1-2H2,(H,13,14,15). The van der Waals surface area contributed by atoms with E-state index in [1.807, 2.05) is 0 Å². The van der Waals surface area contributed by atoms with Crippen LogP contribution in [0.2, 0.25) is 5.02 Å². The fraction of sp³-hybridized carbons (Fsp3) is 0.273. The molecular weight excluding hydrogens is 242 g/mol. The topological polar surface area (TPSA) is 60.0 Å². The van der Waals surface area contributed by atoms with Crippen LogP contribution in [0.3, 0.4) is 0 Å². The molecule has 6 heteroatoms. The number of benzene rings is 1. The molecule has 3 rings (SSSR count). The third-order valence-electron chi connectivity index (χ3n) is 2.34. The smallest absolute Gasteiger partial charge is 0.258 e. The number of aromatic amines is 1. The Kier molecular flexibility index (Phi) is 2.60. The molecule has 0 spiro atoms. The third kappa shape index (κ3) is 2.50. The number of rotatable bonds is 4. The van der Waals surface area contributed by atoms with Crippen molar-refractivity contribution in [2.45, 2.75) is 18.9 Å². The predicted octanol–water partition coefficient (Wildman–Crippen LogP) is 2.79. The van der Waals surface area contributed by atoms with Crippen LogP contribution in [0.15, 0.2) is 24.4 Å². The average molecular weight is 252 g/mol. The highest BCUT2D eigenvalue weighted by Crippen LogP contribution is 2.35. The van der Waals surface area contributed by atoms with Gasteiger partial charge in [0, 0.05) is 6.07 Å². The maximum absolute atomic E-state index is 6.04. The summed E-state index contributed by atoms with van der Waals surface area (Å²) in [6.07, 6.45) is 4.04. The summed E-state index contributed by atoms with van der Waals surface area (Å²) < 4.78 is 11.1. The van der Waals surface area contributed by atoms with Crippen molar-refractivity contribution < 1.29 is 9.47 Å². The predicted molar refractivity (Wildman–Crippen MR) is 61.6 cm³/mol. The molecule has 2 aromatic rings. The lowest BCUT2D eigenvalue weighted by molar-refractivity contribution is 0.302. The SMILES string of the molecule is Clc1ccc(Oc2c[nH]nn2)cc1OC1CC1. The Hall–Kier alpha value is -1.75. The van der Waals surface area contributed by atoms with Gasteiger partial charge in [-0.05, 0) is 25.0 Å². The zero-order valence-electron chi connectivity index (χ0n) is 8.89. The molecule has 0 amide bonds.